The van der Waals surface area contributed by atoms with Crippen LogP contribution in [0.4, 0.5) is 0 Å². The van der Waals surface area contributed by atoms with Crippen LogP contribution >= 0.6 is 15.9 Å². The SMILES string of the molecule is CNCC(O)Cc1ccc(C)cc1Br. The Kier molecular flexibility index (Phi) is 4.58. The molecule has 0 aliphatic heterocycles. The van der Waals surface area contributed by atoms with E-state index in [1.807, 2.05) is 7.05 Å². The molecule has 0 radical (unpaired) electrons. The third-order valence-corrected chi connectivity index (χ3v) is 2.84. The molecule has 2 N–H and O–H groups in total. The van der Waals surface area contributed by atoms with E-state index in [9.17, 15) is 5.11 Å². The number of likely N-dealkylation sites (N-methyl/N-ethyl adjacent to an activating group) is 1. The molecule has 14 heavy (non-hydrogen) atoms. The Morgan fingerprint density at radius 1 is 1.50 bits per heavy atom. The van der Waals surface area contributed by atoms with E-state index < -0.39 is 0 Å². The van der Waals surface area contributed by atoms with Gasteiger partial charge in [-0.25, -0.2) is 0 Å². The van der Waals surface area contributed by atoms with E-state index in [0.29, 0.717) is 13.0 Å². The van der Waals surface area contributed by atoms with Crippen molar-refractivity contribution in [2.24, 2.45) is 0 Å². The molecule has 0 saturated heterocycles. The van der Waals surface area contributed by atoms with E-state index in [1.54, 1.807) is 0 Å². The van der Waals surface area contributed by atoms with Crippen molar-refractivity contribution in [3.8, 4) is 0 Å². The van der Waals surface area contributed by atoms with Gasteiger partial charge in [-0.1, -0.05) is 28.1 Å². The van der Waals surface area contributed by atoms with Crippen LogP contribution in [0.2, 0.25) is 0 Å². The van der Waals surface area contributed by atoms with Gasteiger partial charge in [0.15, 0.2) is 0 Å². The Morgan fingerprint density at radius 2 is 2.21 bits per heavy atom. The summed E-state index contributed by atoms with van der Waals surface area (Å²) in [6, 6.07) is 6.19. The van der Waals surface area contributed by atoms with E-state index in [-0.39, 0.29) is 6.10 Å². The van der Waals surface area contributed by atoms with Gasteiger partial charge in [0.2, 0.25) is 0 Å². The lowest BCUT2D eigenvalue weighted by Crippen LogP contribution is -2.25. The molecular weight excluding hydrogens is 242 g/mol. The maximum absolute atomic E-state index is 9.61. The molecule has 0 bridgehead atoms. The van der Waals surface area contributed by atoms with Gasteiger partial charge in [0, 0.05) is 17.4 Å². The molecule has 1 aromatic rings. The van der Waals surface area contributed by atoms with Crippen LogP contribution in [0, 0.1) is 6.92 Å². The van der Waals surface area contributed by atoms with Crippen molar-refractivity contribution in [2.45, 2.75) is 19.4 Å². The number of aliphatic hydroxyl groups is 1. The highest BCUT2D eigenvalue weighted by atomic mass is 79.9. The fourth-order valence-electron chi connectivity index (χ4n) is 1.38. The number of benzene rings is 1. The number of hydrogen-bond donors (Lipinski definition) is 2. The molecule has 1 unspecified atom stereocenters. The lowest BCUT2D eigenvalue weighted by Gasteiger charge is -2.11. The summed E-state index contributed by atoms with van der Waals surface area (Å²) in [5.41, 5.74) is 2.38. The summed E-state index contributed by atoms with van der Waals surface area (Å²) in [5, 5.41) is 12.6. The van der Waals surface area contributed by atoms with Gasteiger partial charge in [-0.05, 0) is 31.2 Å². The van der Waals surface area contributed by atoms with Crippen LogP contribution < -0.4 is 5.32 Å². The van der Waals surface area contributed by atoms with Crippen LogP contribution in [-0.2, 0) is 6.42 Å². The Bertz CT molecular complexity index is 301. The predicted octanol–water partition coefficient (Wildman–Crippen LogP) is 1.88. The van der Waals surface area contributed by atoms with Gasteiger partial charge in [-0.3, -0.25) is 0 Å². The van der Waals surface area contributed by atoms with Crippen LogP contribution in [0.5, 0.6) is 0 Å². The second kappa shape index (κ2) is 5.49. The molecule has 0 fully saturated rings. The maximum atomic E-state index is 9.61. The average Bonchev–Trinajstić information content (AvgIpc) is 2.10. The molecule has 1 atom stereocenters. The van der Waals surface area contributed by atoms with Crippen LogP contribution in [0.25, 0.3) is 0 Å². The number of aryl methyl sites for hydroxylation is 1. The number of rotatable bonds is 4. The predicted molar refractivity (Wildman–Crippen MR) is 62.5 cm³/mol. The highest BCUT2D eigenvalue weighted by Crippen LogP contribution is 2.19. The van der Waals surface area contributed by atoms with Crippen molar-refractivity contribution >= 4 is 15.9 Å². The van der Waals surface area contributed by atoms with Crippen molar-refractivity contribution < 1.29 is 5.11 Å². The molecule has 0 heterocycles. The second-order valence-electron chi connectivity index (χ2n) is 3.51. The standard InChI is InChI=1S/C11H16BrNO/c1-8-3-4-9(11(12)5-8)6-10(14)7-13-2/h3-5,10,13-14H,6-7H2,1-2H3. The summed E-state index contributed by atoms with van der Waals surface area (Å²) < 4.78 is 1.08. The smallest absolute Gasteiger partial charge is 0.0705 e. The monoisotopic (exact) mass is 257 g/mol. The van der Waals surface area contributed by atoms with Gasteiger partial charge in [0.1, 0.15) is 0 Å². The van der Waals surface area contributed by atoms with Crippen LogP contribution in [0.15, 0.2) is 22.7 Å². The van der Waals surface area contributed by atoms with E-state index in [2.05, 4.69) is 46.4 Å². The minimum absolute atomic E-state index is 0.320. The summed E-state index contributed by atoms with van der Waals surface area (Å²) in [4.78, 5) is 0. The third-order valence-electron chi connectivity index (χ3n) is 2.10. The summed E-state index contributed by atoms with van der Waals surface area (Å²) in [6.45, 7) is 2.68. The van der Waals surface area contributed by atoms with E-state index in [4.69, 9.17) is 0 Å². The minimum atomic E-state index is -0.320. The molecule has 0 aliphatic rings. The molecule has 0 aliphatic carbocycles. The van der Waals surface area contributed by atoms with E-state index >= 15 is 0 Å². The van der Waals surface area contributed by atoms with Crippen LogP contribution in [0.1, 0.15) is 11.1 Å². The second-order valence-corrected chi connectivity index (χ2v) is 4.36. The number of halogens is 1. The van der Waals surface area contributed by atoms with Gasteiger partial charge in [0.25, 0.3) is 0 Å². The van der Waals surface area contributed by atoms with Crippen molar-refractivity contribution in [1.29, 1.82) is 0 Å². The normalized spacial score (nSPS) is 12.9. The molecule has 78 valence electrons. The Morgan fingerprint density at radius 3 is 2.79 bits per heavy atom. The molecular formula is C11H16BrNO. The van der Waals surface area contributed by atoms with Crippen molar-refractivity contribution in [3.05, 3.63) is 33.8 Å². The topological polar surface area (TPSA) is 32.3 Å². The zero-order valence-corrected chi connectivity index (χ0v) is 10.1. The zero-order valence-electron chi connectivity index (χ0n) is 8.55. The average molecular weight is 258 g/mol. The quantitative estimate of drug-likeness (QED) is 0.864. The van der Waals surface area contributed by atoms with Crippen LogP contribution in [-0.4, -0.2) is 24.8 Å². The first-order chi connectivity index (χ1) is 6.63. The van der Waals surface area contributed by atoms with E-state index in [1.165, 1.54) is 5.56 Å². The number of hydrogen-bond acceptors (Lipinski definition) is 2. The number of aliphatic hydroxyl groups excluding tert-OH is 1. The highest BCUT2D eigenvalue weighted by Gasteiger charge is 2.06. The zero-order chi connectivity index (χ0) is 10.6. The maximum Gasteiger partial charge on any atom is 0.0705 e. The molecule has 1 aromatic carbocycles. The molecule has 0 saturated carbocycles. The molecule has 0 amide bonds. The molecule has 0 aromatic heterocycles. The van der Waals surface area contributed by atoms with Crippen molar-refractivity contribution in [2.75, 3.05) is 13.6 Å². The summed E-state index contributed by atoms with van der Waals surface area (Å²) >= 11 is 3.50. The van der Waals surface area contributed by atoms with Crippen LogP contribution in [0.3, 0.4) is 0 Å². The van der Waals surface area contributed by atoms with Gasteiger partial charge in [0.05, 0.1) is 6.10 Å². The number of nitrogens with one attached hydrogen (secondary N) is 1. The van der Waals surface area contributed by atoms with Gasteiger partial charge < -0.3 is 10.4 Å². The fourth-order valence-corrected chi connectivity index (χ4v) is 2.03. The minimum Gasteiger partial charge on any atom is -0.391 e. The van der Waals surface area contributed by atoms with Gasteiger partial charge >= 0.3 is 0 Å². The first-order valence-electron chi connectivity index (χ1n) is 4.71. The Balaban J connectivity index is 2.67. The van der Waals surface area contributed by atoms with Gasteiger partial charge in [-0.15, -0.1) is 0 Å². The van der Waals surface area contributed by atoms with Gasteiger partial charge in [-0.2, -0.15) is 0 Å². The lowest BCUT2D eigenvalue weighted by molar-refractivity contribution is 0.174. The van der Waals surface area contributed by atoms with Crippen molar-refractivity contribution in [1.82, 2.24) is 5.32 Å². The molecule has 3 heteroatoms. The first-order valence-corrected chi connectivity index (χ1v) is 5.50. The fraction of sp³-hybridized carbons (Fsp3) is 0.455. The lowest BCUT2D eigenvalue weighted by atomic mass is 10.1. The Labute approximate surface area is 93.5 Å². The summed E-state index contributed by atoms with van der Waals surface area (Å²) in [6.07, 6.45) is 0.362. The molecule has 0 spiro atoms. The van der Waals surface area contributed by atoms with Crippen molar-refractivity contribution in [3.63, 3.8) is 0 Å². The summed E-state index contributed by atoms with van der Waals surface area (Å²) in [7, 11) is 1.84. The summed E-state index contributed by atoms with van der Waals surface area (Å²) in [5.74, 6) is 0. The molecule has 1 rings (SSSR count). The highest BCUT2D eigenvalue weighted by molar-refractivity contribution is 9.10. The Hall–Kier alpha value is -0.380. The third kappa shape index (κ3) is 3.40. The van der Waals surface area contributed by atoms with E-state index in [0.717, 1.165) is 10.0 Å². The molecule has 2 nitrogen and oxygen atoms in total. The first kappa shape index (κ1) is 11.7. The largest absolute Gasteiger partial charge is 0.391 e.